The van der Waals surface area contributed by atoms with E-state index >= 15 is 0 Å². The highest BCUT2D eigenvalue weighted by molar-refractivity contribution is 7.09. The maximum absolute atomic E-state index is 11.9. The number of carbonyl (C=O) groups is 2. The zero-order valence-corrected chi connectivity index (χ0v) is 15.9. The van der Waals surface area contributed by atoms with E-state index in [1.165, 1.54) is 11.3 Å². The third kappa shape index (κ3) is 5.92. The smallest absolute Gasteiger partial charge is 0.226 e. The minimum atomic E-state index is -1.18. The fraction of sp³-hybridized carbons (Fsp3) is 0.190. The number of hydrogen-bond donors (Lipinski definition) is 1. The summed E-state index contributed by atoms with van der Waals surface area (Å²) < 4.78 is 5.65. The highest BCUT2D eigenvalue weighted by Gasteiger charge is 2.08. The summed E-state index contributed by atoms with van der Waals surface area (Å²) in [5, 5.41) is 15.5. The van der Waals surface area contributed by atoms with Crippen molar-refractivity contribution in [1.82, 2.24) is 10.3 Å². The molecule has 0 fully saturated rings. The van der Waals surface area contributed by atoms with Gasteiger partial charge in [-0.2, -0.15) is 0 Å². The lowest BCUT2D eigenvalue weighted by Crippen LogP contribution is -2.29. The Morgan fingerprint density at radius 3 is 2.43 bits per heavy atom. The summed E-state index contributed by atoms with van der Waals surface area (Å²) >= 11 is 1.26. The Hall–Kier alpha value is -3.19. The molecule has 0 saturated carbocycles. The lowest BCUT2D eigenvalue weighted by atomic mass is 10.1. The maximum Gasteiger partial charge on any atom is 0.226 e. The average Bonchev–Trinajstić information content (AvgIpc) is 3.12. The third-order valence-corrected chi connectivity index (χ3v) is 4.79. The van der Waals surface area contributed by atoms with Crippen molar-refractivity contribution < 1.29 is 19.4 Å². The molecule has 0 aliphatic heterocycles. The zero-order chi connectivity index (χ0) is 19.8. The number of carbonyl (C=O) groups excluding carboxylic acids is 2. The molecular weight excluding hydrogens is 376 g/mol. The topological polar surface area (TPSA) is 91.3 Å². The molecule has 144 valence electrons. The van der Waals surface area contributed by atoms with Crippen molar-refractivity contribution in [1.29, 1.82) is 0 Å². The molecule has 1 aromatic heterocycles. The Morgan fingerprint density at radius 2 is 1.71 bits per heavy atom. The first-order valence-corrected chi connectivity index (χ1v) is 9.66. The van der Waals surface area contributed by atoms with E-state index in [9.17, 15) is 14.7 Å². The number of benzene rings is 2. The maximum atomic E-state index is 11.9. The van der Waals surface area contributed by atoms with Crippen LogP contribution in [0.2, 0.25) is 0 Å². The fourth-order valence-corrected chi connectivity index (χ4v) is 3.39. The van der Waals surface area contributed by atoms with Crippen molar-refractivity contribution in [3.63, 3.8) is 0 Å². The number of ether oxygens (including phenoxy) is 1. The van der Waals surface area contributed by atoms with Crippen LogP contribution in [0, 0.1) is 0 Å². The first-order valence-electron chi connectivity index (χ1n) is 8.78. The van der Waals surface area contributed by atoms with Gasteiger partial charge in [0.25, 0.3) is 0 Å². The molecule has 7 heteroatoms. The monoisotopic (exact) mass is 395 g/mol. The molecule has 0 saturated heterocycles. The van der Waals surface area contributed by atoms with Crippen LogP contribution < -0.4 is 15.2 Å². The van der Waals surface area contributed by atoms with Gasteiger partial charge in [0.15, 0.2) is 0 Å². The number of carboxylic acid groups (broad SMARTS) is 1. The summed E-state index contributed by atoms with van der Waals surface area (Å²) in [6.45, 7) is 0.723. The molecule has 0 aliphatic rings. The van der Waals surface area contributed by atoms with Crippen molar-refractivity contribution in [2.24, 2.45) is 0 Å². The molecule has 3 aromatic rings. The van der Waals surface area contributed by atoms with E-state index in [0.29, 0.717) is 23.9 Å². The van der Waals surface area contributed by atoms with E-state index in [1.807, 2.05) is 42.5 Å². The Kier molecular flexibility index (Phi) is 6.75. The van der Waals surface area contributed by atoms with Crippen molar-refractivity contribution in [2.45, 2.75) is 12.8 Å². The fourth-order valence-electron chi connectivity index (χ4n) is 2.59. The molecule has 1 N–H and O–H groups in total. The van der Waals surface area contributed by atoms with Crippen LogP contribution in [0.4, 0.5) is 0 Å². The second-order valence-corrected chi connectivity index (χ2v) is 6.99. The van der Waals surface area contributed by atoms with Gasteiger partial charge in [0.2, 0.25) is 5.91 Å². The number of rotatable bonds is 9. The molecule has 0 bridgehead atoms. The highest BCUT2D eigenvalue weighted by atomic mass is 32.1. The van der Waals surface area contributed by atoms with E-state index in [1.54, 1.807) is 5.38 Å². The molecule has 0 atom stereocenters. The van der Waals surface area contributed by atoms with Crippen LogP contribution >= 0.6 is 11.3 Å². The molecule has 6 nitrogen and oxygen atoms in total. The molecule has 28 heavy (non-hydrogen) atoms. The number of aromatic nitrogens is 1. The van der Waals surface area contributed by atoms with Gasteiger partial charge in [0.1, 0.15) is 17.4 Å². The van der Waals surface area contributed by atoms with E-state index in [0.717, 1.165) is 16.9 Å². The zero-order valence-electron chi connectivity index (χ0n) is 15.1. The van der Waals surface area contributed by atoms with Crippen LogP contribution in [0.15, 0.2) is 60.0 Å². The predicted octanol–water partition coefficient (Wildman–Crippen LogP) is 1.84. The van der Waals surface area contributed by atoms with Gasteiger partial charge in [-0.25, -0.2) is 4.98 Å². The Bertz CT molecular complexity index is 923. The molecule has 0 spiro atoms. The van der Waals surface area contributed by atoms with Crippen LogP contribution in [0.3, 0.4) is 0 Å². The van der Waals surface area contributed by atoms with Crippen molar-refractivity contribution in [2.75, 3.05) is 13.2 Å². The largest absolute Gasteiger partial charge is 0.550 e. The molecule has 1 heterocycles. The molecule has 0 radical (unpaired) electrons. The standard InChI is InChI=1S/C21H20N2O4S/c24-19(13-20-23-17(14-28-20)12-21(25)26)22-10-11-27-18-8-6-16(7-9-18)15-4-2-1-3-5-15/h1-9,14H,10-13H2,(H,22,24)(H,25,26)/p-1. The van der Waals surface area contributed by atoms with Gasteiger partial charge < -0.3 is 20.0 Å². The van der Waals surface area contributed by atoms with Gasteiger partial charge in [-0.1, -0.05) is 42.5 Å². The minimum absolute atomic E-state index is 0.115. The predicted molar refractivity (Wildman–Crippen MR) is 105 cm³/mol. The molecule has 2 aromatic carbocycles. The van der Waals surface area contributed by atoms with Gasteiger partial charge in [0, 0.05) is 17.8 Å². The summed E-state index contributed by atoms with van der Waals surface area (Å²) in [4.78, 5) is 26.6. The van der Waals surface area contributed by atoms with Crippen LogP contribution in [0.25, 0.3) is 11.1 Å². The minimum Gasteiger partial charge on any atom is -0.550 e. The number of aliphatic carboxylic acids is 1. The first-order chi connectivity index (χ1) is 13.6. The highest BCUT2D eigenvalue weighted by Crippen LogP contribution is 2.21. The van der Waals surface area contributed by atoms with Gasteiger partial charge in [-0.15, -0.1) is 11.3 Å². The van der Waals surface area contributed by atoms with Crippen LogP contribution in [-0.4, -0.2) is 30.0 Å². The summed E-state index contributed by atoms with van der Waals surface area (Å²) in [5.41, 5.74) is 2.67. The summed E-state index contributed by atoms with van der Waals surface area (Å²) in [6, 6.07) is 17.9. The summed E-state index contributed by atoms with van der Waals surface area (Å²) in [6.07, 6.45) is -0.126. The van der Waals surface area contributed by atoms with Crippen LogP contribution in [0.1, 0.15) is 10.7 Å². The van der Waals surface area contributed by atoms with E-state index in [4.69, 9.17) is 4.74 Å². The second-order valence-electron chi connectivity index (χ2n) is 6.05. The summed E-state index contributed by atoms with van der Waals surface area (Å²) in [7, 11) is 0. The third-order valence-electron chi connectivity index (χ3n) is 3.89. The first kappa shape index (κ1) is 19.6. The SMILES string of the molecule is O=C([O-])Cc1csc(CC(=O)NCCOc2ccc(-c3ccccc3)cc2)n1. The Balaban J connectivity index is 1.39. The lowest BCUT2D eigenvalue weighted by Gasteiger charge is -2.08. The number of amides is 1. The van der Waals surface area contributed by atoms with Crippen molar-refractivity contribution in [3.8, 4) is 16.9 Å². The molecule has 1 amide bonds. The Morgan fingerprint density at radius 1 is 1.00 bits per heavy atom. The normalized spacial score (nSPS) is 10.4. The van der Waals surface area contributed by atoms with Crippen molar-refractivity contribution >= 4 is 23.2 Å². The molecule has 0 unspecified atom stereocenters. The quantitative estimate of drug-likeness (QED) is 0.558. The molecule has 3 rings (SSSR count). The number of nitrogens with zero attached hydrogens (tertiary/aromatic N) is 1. The Labute approximate surface area is 166 Å². The molecule has 0 aliphatic carbocycles. The van der Waals surface area contributed by atoms with Gasteiger partial charge in [0.05, 0.1) is 18.7 Å². The number of thiazole rings is 1. The van der Waals surface area contributed by atoms with Gasteiger partial charge in [-0.05, 0) is 23.3 Å². The summed E-state index contributed by atoms with van der Waals surface area (Å²) in [5.74, 6) is -0.631. The number of carboxylic acids is 1. The van der Waals surface area contributed by atoms with E-state index in [-0.39, 0.29) is 18.7 Å². The van der Waals surface area contributed by atoms with E-state index in [2.05, 4.69) is 22.4 Å². The molecular formula is C21H19N2O4S-. The lowest BCUT2D eigenvalue weighted by molar-refractivity contribution is -0.304. The second kappa shape index (κ2) is 9.66. The van der Waals surface area contributed by atoms with E-state index < -0.39 is 5.97 Å². The van der Waals surface area contributed by atoms with Crippen LogP contribution in [0.5, 0.6) is 5.75 Å². The van der Waals surface area contributed by atoms with Crippen LogP contribution in [-0.2, 0) is 22.4 Å². The van der Waals surface area contributed by atoms with Crippen molar-refractivity contribution in [3.05, 3.63) is 70.7 Å². The number of hydrogen-bond acceptors (Lipinski definition) is 6. The average molecular weight is 395 g/mol. The van der Waals surface area contributed by atoms with Gasteiger partial charge >= 0.3 is 0 Å². The van der Waals surface area contributed by atoms with Gasteiger partial charge in [-0.3, -0.25) is 4.79 Å². The number of nitrogens with one attached hydrogen (secondary N) is 1.